The molecule has 1 N–H and O–H groups in total. The van der Waals surface area contributed by atoms with Crippen LogP contribution in [0.1, 0.15) is 23.5 Å². The van der Waals surface area contributed by atoms with E-state index in [4.69, 9.17) is 15.1 Å². The fourth-order valence-electron chi connectivity index (χ4n) is 1.89. The Bertz CT molecular complexity index is 476. The standard InChI is InChI=1S/C12H11NO3/c1-16-8-3-2-7(6-13)9(4-8)10-5-11(10)12(14)15/h2-4,10-11H,5H2,1H3,(H,14,15)/t10-,11+/m1/s1. The Morgan fingerprint density at radius 2 is 2.38 bits per heavy atom. The van der Waals surface area contributed by atoms with E-state index >= 15 is 0 Å². The zero-order valence-electron chi connectivity index (χ0n) is 8.80. The topological polar surface area (TPSA) is 70.3 Å². The van der Waals surface area contributed by atoms with Gasteiger partial charge in [-0.15, -0.1) is 0 Å². The van der Waals surface area contributed by atoms with Crippen molar-refractivity contribution in [1.29, 1.82) is 5.26 Å². The lowest BCUT2D eigenvalue weighted by molar-refractivity contribution is -0.138. The van der Waals surface area contributed by atoms with Gasteiger partial charge in [0, 0.05) is 0 Å². The van der Waals surface area contributed by atoms with Gasteiger partial charge >= 0.3 is 5.97 Å². The number of carbonyl (C=O) groups is 1. The van der Waals surface area contributed by atoms with E-state index in [1.807, 2.05) is 0 Å². The quantitative estimate of drug-likeness (QED) is 0.837. The van der Waals surface area contributed by atoms with Crippen molar-refractivity contribution < 1.29 is 14.6 Å². The van der Waals surface area contributed by atoms with Crippen LogP contribution in [0.4, 0.5) is 0 Å². The minimum atomic E-state index is -0.795. The normalized spacial score (nSPS) is 22.2. The van der Waals surface area contributed by atoms with Crippen molar-refractivity contribution in [1.82, 2.24) is 0 Å². The van der Waals surface area contributed by atoms with Crippen molar-refractivity contribution in [2.75, 3.05) is 7.11 Å². The Morgan fingerprint density at radius 3 is 2.88 bits per heavy atom. The molecule has 2 atom stereocenters. The van der Waals surface area contributed by atoms with Gasteiger partial charge in [-0.3, -0.25) is 4.79 Å². The van der Waals surface area contributed by atoms with Crippen molar-refractivity contribution >= 4 is 5.97 Å². The summed E-state index contributed by atoms with van der Waals surface area (Å²) in [5, 5.41) is 17.8. The largest absolute Gasteiger partial charge is 0.497 e. The first-order valence-corrected chi connectivity index (χ1v) is 4.98. The average Bonchev–Trinajstić information content (AvgIpc) is 3.08. The average molecular weight is 217 g/mol. The summed E-state index contributed by atoms with van der Waals surface area (Å²) in [4.78, 5) is 10.8. The van der Waals surface area contributed by atoms with E-state index in [2.05, 4.69) is 6.07 Å². The first-order valence-electron chi connectivity index (χ1n) is 4.98. The second-order valence-corrected chi connectivity index (χ2v) is 3.85. The smallest absolute Gasteiger partial charge is 0.307 e. The second-order valence-electron chi connectivity index (χ2n) is 3.85. The van der Waals surface area contributed by atoms with Crippen molar-refractivity contribution in [3.8, 4) is 11.8 Å². The number of nitriles is 1. The van der Waals surface area contributed by atoms with Gasteiger partial charge in [0.15, 0.2) is 0 Å². The van der Waals surface area contributed by atoms with Gasteiger partial charge in [0.2, 0.25) is 0 Å². The molecule has 2 rings (SSSR count). The van der Waals surface area contributed by atoms with Crippen LogP contribution in [0.3, 0.4) is 0 Å². The van der Waals surface area contributed by atoms with E-state index in [-0.39, 0.29) is 11.8 Å². The third kappa shape index (κ3) is 1.72. The predicted octanol–water partition coefficient (Wildman–Crippen LogP) is 1.75. The number of rotatable bonds is 3. The van der Waals surface area contributed by atoms with Crippen molar-refractivity contribution in [3.05, 3.63) is 29.3 Å². The van der Waals surface area contributed by atoms with E-state index < -0.39 is 5.97 Å². The molecule has 0 unspecified atom stereocenters. The second kappa shape index (κ2) is 3.86. The Hall–Kier alpha value is -2.02. The van der Waals surface area contributed by atoms with Gasteiger partial charge in [-0.1, -0.05) is 0 Å². The molecule has 0 bridgehead atoms. The lowest BCUT2D eigenvalue weighted by Crippen LogP contribution is -2.00. The van der Waals surface area contributed by atoms with E-state index in [1.54, 1.807) is 25.3 Å². The SMILES string of the molecule is COc1ccc(C#N)c([C@H]2C[C@@H]2C(=O)O)c1. The highest BCUT2D eigenvalue weighted by Crippen LogP contribution is 2.49. The van der Waals surface area contributed by atoms with Crippen molar-refractivity contribution in [2.24, 2.45) is 5.92 Å². The highest BCUT2D eigenvalue weighted by Gasteiger charge is 2.45. The van der Waals surface area contributed by atoms with Gasteiger partial charge < -0.3 is 9.84 Å². The Labute approximate surface area is 93.1 Å². The molecule has 0 radical (unpaired) electrons. The summed E-state index contributed by atoms with van der Waals surface area (Å²) in [5.41, 5.74) is 1.32. The molecular weight excluding hydrogens is 206 g/mol. The molecule has 82 valence electrons. The molecule has 0 aromatic heterocycles. The molecular formula is C12H11NO3. The maximum absolute atomic E-state index is 10.8. The number of aliphatic carboxylic acids is 1. The molecule has 4 nitrogen and oxygen atoms in total. The number of hydrogen-bond acceptors (Lipinski definition) is 3. The zero-order valence-corrected chi connectivity index (χ0v) is 8.80. The summed E-state index contributed by atoms with van der Waals surface area (Å²) in [5.74, 6) is -0.525. The zero-order chi connectivity index (χ0) is 11.7. The molecule has 1 saturated carbocycles. The van der Waals surface area contributed by atoms with Crippen molar-refractivity contribution in [3.63, 3.8) is 0 Å². The fourth-order valence-corrected chi connectivity index (χ4v) is 1.89. The summed E-state index contributed by atoms with van der Waals surface area (Å²) in [7, 11) is 1.55. The molecule has 0 spiro atoms. The molecule has 16 heavy (non-hydrogen) atoms. The highest BCUT2D eigenvalue weighted by atomic mass is 16.5. The lowest BCUT2D eigenvalue weighted by atomic mass is 10.0. The molecule has 1 aromatic rings. The van der Waals surface area contributed by atoms with E-state index in [1.165, 1.54) is 0 Å². The van der Waals surface area contributed by atoms with Crippen LogP contribution in [0.25, 0.3) is 0 Å². The van der Waals surface area contributed by atoms with Crippen LogP contribution in [0, 0.1) is 17.2 Å². The summed E-state index contributed by atoms with van der Waals surface area (Å²) in [6, 6.07) is 7.22. The summed E-state index contributed by atoms with van der Waals surface area (Å²) in [6.07, 6.45) is 0.608. The van der Waals surface area contributed by atoms with Gasteiger partial charge in [0.1, 0.15) is 5.75 Å². The molecule has 1 fully saturated rings. The van der Waals surface area contributed by atoms with Crippen LogP contribution in [-0.4, -0.2) is 18.2 Å². The Morgan fingerprint density at radius 1 is 1.62 bits per heavy atom. The summed E-state index contributed by atoms with van der Waals surface area (Å²) < 4.78 is 5.07. The molecule has 0 heterocycles. The molecule has 4 heteroatoms. The van der Waals surface area contributed by atoms with Gasteiger partial charge in [0.05, 0.1) is 24.7 Å². The number of benzene rings is 1. The molecule has 1 aromatic carbocycles. The molecule has 0 saturated heterocycles. The summed E-state index contributed by atoms with van der Waals surface area (Å²) >= 11 is 0. The van der Waals surface area contributed by atoms with Crippen LogP contribution in [-0.2, 0) is 4.79 Å². The number of carboxylic acids is 1. The van der Waals surface area contributed by atoms with Crippen LogP contribution >= 0.6 is 0 Å². The Kier molecular flexibility index (Phi) is 2.53. The van der Waals surface area contributed by atoms with Gasteiger partial charge in [-0.25, -0.2) is 0 Å². The van der Waals surface area contributed by atoms with Crippen LogP contribution in [0.5, 0.6) is 5.75 Å². The fraction of sp³-hybridized carbons (Fsp3) is 0.333. The highest BCUT2D eigenvalue weighted by molar-refractivity contribution is 5.75. The van der Waals surface area contributed by atoms with Crippen LogP contribution < -0.4 is 4.74 Å². The number of methoxy groups -OCH3 is 1. The van der Waals surface area contributed by atoms with Crippen LogP contribution in [0.15, 0.2) is 18.2 Å². The lowest BCUT2D eigenvalue weighted by Gasteiger charge is -2.05. The molecule has 1 aliphatic rings. The predicted molar refractivity (Wildman–Crippen MR) is 56.2 cm³/mol. The number of carboxylic acid groups (broad SMARTS) is 1. The van der Waals surface area contributed by atoms with E-state index in [9.17, 15) is 4.79 Å². The molecule has 0 amide bonds. The van der Waals surface area contributed by atoms with Crippen molar-refractivity contribution in [2.45, 2.75) is 12.3 Å². The number of ether oxygens (including phenoxy) is 1. The van der Waals surface area contributed by atoms with E-state index in [0.29, 0.717) is 17.7 Å². The van der Waals surface area contributed by atoms with E-state index in [0.717, 1.165) is 5.56 Å². The number of nitrogens with zero attached hydrogens (tertiary/aromatic N) is 1. The third-order valence-electron chi connectivity index (χ3n) is 2.89. The molecule has 1 aliphatic carbocycles. The van der Waals surface area contributed by atoms with Gasteiger partial charge in [-0.2, -0.15) is 5.26 Å². The summed E-state index contributed by atoms with van der Waals surface area (Å²) in [6.45, 7) is 0. The van der Waals surface area contributed by atoms with Crippen LogP contribution in [0.2, 0.25) is 0 Å². The minimum Gasteiger partial charge on any atom is -0.497 e. The number of hydrogen-bond donors (Lipinski definition) is 1. The first-order chi connectivity index (χ1) is 7.67. The third-order valence-corrected chi connectivity index (χ3v) is 2.89. The monoisotopic (exact) mass is 217 g/mol. The van der Waals surface area contributed by atoms with Gasteiger partial charge in [-0.05, 0) is 36.1 Å². The maximum atomic E-state index is 10.8. The first kappa shape index (κ1) is 10.5. The molecule has 0 aliphatic heterocycles. The van der Waals surface area contributed by atoms with Gasteiger partial charge in [0.25, 0.3) is 0 Å². The minimum absolute atomic E-state index is 0.0396. The Balaban J connectivity index is 2.33. The maximum Gasteiger partial charge on any atom is 0.307 e.